The van der Waals surface area contributed by atoms with Crippen molar-refractivity contribution in [1.82, 2.24) is 0 Å². The van der Waals surface area contributed by atoms with Crippen LogP contribution in [0.5, 0.6) is 0 Å². The summed E-state index contributed by atoms with van der Waals surface area (Å²) in [5.74, 6) is -0.660. The zero-order chi connectivity index (χ0) is 22.2. The normalized spacial score (nSPS) is 18.4. The van der Waals surface area contributed by atoms with E-state index in [2.05, 4.69) is 5.32 Å². The Balaban J connectivity index is 1.49. The van der Waals surface area contributed by atoms with E-state index in [0.717, 1.165) is 36.8 Å². The minimum atomic E-state index is -0.956. The minimum Gasteiger partial charge on any atom is -0.480 e. The van der Waals surface area contributed by atoms with Crippen molar-refractivity contribution in [3.63, 3.8) is 0 Å². The Morgan fingerprint density at radius 2 is 1.77 bits per heavy atom. The van der Waals surface area contributed by atoms with Gasteiger partial charge in [0.2, 0.25) is 0 Å². The second kappa shape index (κ2) is 10.9. The number of hydrogen-bond donors (Lipinski definition) is 2. The molecular weight excluding hydrogens is 401 g/mol. The highest BCUT2D eigenvalue weighted by atomic mass is 19.1. The van der Waals surface area contributed by atoms with Crippen LogP contribution in [0.3, 0.4) is 0 Å². The van der Waals surface area contributed by atoms with E-state index in [1.807, 2.05) is 19.1 Å². The number of carboxylic acid groups (broad SMARTS) is 1. The van der Waals surface area contributed by atoms with Crippen LogP contribution in [0.15, 0.2) is 42.5 Å². The number of nitrogens with one attached hydrogen (secondary N) is 1. The largest absolute Gasteiger partial charge is 0.480 e. The predicted octanol–water partition coefficient (Wildman–Crippen LogP) is 5.26. The maximum Gasteiger partial charge on any atom is 0.411 e. The van der Waals surface area contributed by atoms with Crippen LogP contribution in [0.2, 0.25) is 0 Å². The van der Waals surface area contributed by atoms with Crippen LogP contribution in [0.1, 0.15) is 31.2 Å². The molecule has 0 aliphatic heterocycles. The van der Waals surface area contributed by atoms with E-state index >= 15 is 0 Å². The summed E-state index contributed by atoms with van der Waals surface area (Å²) < 4.78 is 24.3. The Bertz CT molecular complexity index is 909. The molecule has 1 saturated carbocycles. The third-order valence-corrected chi connectivity index (χ3v) is 5.54. The van der Waals surface area contributed by atoms with Gasteiger partial charge in [-0.15, -0.1) is 0 Å². The molecule has 0 bridgehead atoms. The topological polar surface area (TPSA) is 84.9 Å². The van der Waals surface area contributed by atoms with Crippen LogP contribution in [-0.4, -0.2) is 37.0 Å². The van der Waals surface area contributed by atoms with Gasteiger partial charge in [-0.1, -0.05) is 23.8 Å². The van der Waals surface area contributed by atoms with Gasteiger partial charge in [-0.2, -0.15) is 0 Å². The van der Waals surface area contributed by atoms with Crippen molar-refractivity contribution in [2.24, 2.45) is 11.8 Å². The number of carbonyl (C=O) groups is 2. The Kier molecular flexibility index (Phi) is 8.00. The first-order chi connectivity index (χ1) is 14.9. The van der Waals surface area contributed by atoms with Crippen molar-refractivity contribution < 1.29 is 28.6 Å². The molecule has 1 amide bonds. The first-order valence-corrected chi connectivity index (χ1v) is 10.5. The van der Waals surface area contributed by atoms with Crippen molar-refractivity contribution in [3.05, 3.63) is 53.8 Å². The number of anilines is 1. The molecule has 6 nitrogen and oxygen atoms in total. The van der Waals surface area contributed by atoms with E-state index in [1.165, 1.54) is 12.1 Å². The molecular formula is C24H28FNO5. The highest BCUT2D eigenvalue weighted by molar-refractivity contribution is 5.91. The van der Waals surface area contributed by atoms with Crippen molar-refractivity contribution in [3.8, 4) is 11.1 Å². The molecule has 1 aliphatic carbocycles. The van der Waals surface area contributed by atoms with Crippen molar-refractivity contribution in [1.29, 1.82) is 0 Å². The van der Waals surface area contributed by atoms with E-state index in [9.17, 15) is 14.0 Å². The zero-order valence-electron chi connectivity index (χ0n) is 17.6. The maximum atomic E-state index is 13.7. The van der Waals surface area contributed by atoms with Gasteiger partial charge in [0, 0.05) is 5.56 Å². The summed E-state index contributed by atoms with van der Waals surface area (Å²) in [5, 5.41) is 11.4. The number of hydrogen-bond acceptors (Lipinski definition) is 4. The molecule has 2 N–H and O–H groups in total. The van der Waals surface area contributed by atoms with Crippen LogP contribution in [0, 0.1) is 24.6 Å². The molecule has 0 heterocycles. The number of benzene rings is 2. The maximum absolute atomic E-state index is 13.7. The average molecular weight is 429 g/mol. The lowest BCUT2D eigenvalue weighted by Gasteiger charge is -2.27. The Labute approximate surface area is 181 Å². The highest BCUT2D eigenvalue weighted by Gasteiger charge is 2.23. The number of aliphatic carboxylic acids is 1. The average Bonchev–Trinajstić information content (AvgIpc) is 2.74. The molecule has 1 fully saturated rings. The lowest BCUT2D eigenvalue weighted by molar-refractivity contribution is -0.142. The standard InChI is InChI=1S/C24H28FNO5/c1-16-5-10-22(21(11-16)19-3-2-4-20(25)12-19)26-24(29)31-14-18-8-6-17(7-9-18)13-30-15-23(27)28/h2-5,10-12,17-18H,6-9,13-15H2,1H3,(H,26,29)(H,27,28). The molecule has 0 unspecified atom stereocenters. The van der Waals surface area contributed by atoms with Gasteiger partial charge in [-0.05, 0) is 74.3 Å². The first kappa shape index (κ1) is 22.7. The van der Waals surface area contributed by atoms with Gasteiger partial charge in [-0.25, -0.2) is 14.0 Å². The van der Waals surface area contributed by atoms with Crippen molar-refractivity contribution in [2.75, 3.05) is 25.1 Å². The fourth-order valence-corrected chi connectivity index (χ4v) is 3.88. The van der Waals surface area contributed by atoms with E-state index in [1.54, 1.807) is 18.2 Å². The minimum absolute atomic E-state index is 0.264. The summed E-state index contributed by atoms with van der Waals surface area (Å²) in [6.07, 6.45) is 3.14. The van der Waals surface area contributed by atoms with E-state index in [0.29, 0.717) is 30.4 Å². The van der Waals surface area contributed by atoms with Crippen LogP contribution in [0.4, 0.5) is 14.9 Å². The molecule has 166 valence electrons. The summed E-state index contributed by atoms with van der Waals surface area (Å²) in [5.41, 5.74) is 2.99. The second-order valence-corrected chi connectivity index (χ2v) is 8.08. The summed E-state index contributed by atoms with van der Waals surface area (Å²) in [4.78, 5) is 22.9. The van der Waals surface area contributed by atoms with Gasteiger partial charge in [-0.3, -0.25) is 5.32 Å². The Morgan fingerprint density at radius 1 is 1.06 bits per heavy atom. The molecule has 0 saturated heterocycles. The zero-order valence-corrected chi connectivity index (χ0v) is 17.6. The number of carboxylic acids is 1. The van der Waals surface area contributed by atoms with E-state index < -0.39 is 12.1 Å². The highest BCUT2D eigenvalue weighted by Crippen LogP contribution is 2.31. The van der Waals surface area contributed by atoms with Crippen LogP contribution in [0.25, 0.3) is 11.1 Å². The molecule has 0 spiro atoms. The third-order valence-electron chi connectivity index (χ3n) is 5.54. The molecule has 0 radical (unpaired) electrons. The van der Waals surface area contributed by atoms with Crippen molar-refractivity contribution in [2.45, 2.75) is 32.6 Å². The van der Waals surface area contributed by atoms with Gasteiger partial charge < -0.3 is 14.6 Å². The van der Waals surface area contributed by atoms with Gasteiger partial charge in [0.15, 0.2) is 0 Å². The van der Waals surface area contributed by atoms with Gasteiger partial charge in [0.1, 0.15) is 12.4 Å². The molecule has 0 atom stereocenters. The number of aryl methyl sites for hydroxylation is 1. The molecule has 7 heteroatoms. The molecule has 3 rings (SSSR count). The Hall–Kier alpha value is -2.93. The third kappa shape index (κ3) is 7.07. The fraction of sp³-hybridized carbons (Fsp3) is 0.417. The SMILES string of the molecule is Cc1ccc(NC(=O)OCC2CCC(COCC(=O)O)CC2)c(-c2cccc(F)c2)c1. The van der Waals surface area contributed by atoms with Gasteiger partial charge in [0.25, 0.3) is 0 Å². The molecule has 2 aromatic rings. The summed E-state index contributed by atoms with van der Waals surface area (Å²) in [6, 6.07) is 11.8. The predicted molar refractivity (Wildman–Crippen MR) is 115 cm³/mol. The van der Waals surface area contributed by atoms with Gasteiger partial charge in [0.05, 0.1) is 18.9 Å². The fourth-order valence-electron chi connectivity index (χ4n) is 3.88. The quantitative estimate of drug-likeness (QED) is 0.598. The summed E-state index contributed by atoms with van der Waals surface area (Å²) >= 11 is 0. The van der Waals surface area contributed by atoms with Crippen LogP contribution >= 0.6 is 0 Å². The number of halogens is 1. The van der Waals surface area contributed by atoms with E-state index in [4.69, 9.17) is 14.6 Å². The van der Waals surface area contributed by atoms with Crippen molar-refractivity contribution >= 4 is 17.7 Å². The summed E-state index contributed by atoms with van der Waals surface area (Å²) in [7, 11) is 0. The molecule has 2 aromatic carbocycles. The second-order valence-electron chi connectivity index (χ2n) is 8.08. The lowest BCUT2D eigenvalue weighted by Crippen LogP contribution is -2.25. The lowest BCUT2D eigenvalue weighted by atomic mass is 9.83. The van der Waals surface area contributed by atoms with Crippen LogP contribution in [-0.2, 0) is 14.3 Å². The number of carbonyl (C=O) groups excluding carboxylic acids is 1. The number of rotatable bonds is 8. The Morgan fingerprint density at radius 3 is 2.45 bits per heavy atom. The number of amides is 1. The van der Waals surface area contributed by atoms with E-state index in [-0.39, 0.29) is 18.3 Å². The first-order valence-electron chi connectivity index (χ1n) is 10.5. The summed E-state index contributed by atoms with van der Waals surface area (Å²) in [6.45, 7) is 2.46. The molecule has 31 heavy (non-hydrogen) atoms. The van der Waals surface area contributed by atoms with Crippen LogP contribution < -0.4 is 5.32 Å². The molecule has 1 aliphatic rings. The number of ether oxygens (including phenoxy) is 2. The smallest absolute Gasteiger partial charge is 0.411 e. The monoisotopic (exact) mass is 429 g/mol. The van der Waals surface area contributed by atoms with Gasteiger partial charge >= 0.3 is 12.1 Å². The molecule has 0 aromatic heterocycles.